The van der Waals surface area contributed by atoms with Crippen molar-refractivity contribution in [3.8, 4) is 22.4 Å². The van der Waals surface area contributed by atoms with Crippen LogP contribution in [0.1, 0.15) is 11.3 Å². The summed E-state index contributed by atoms with van der Waals surface area (Å²) in [5.74, 6) is 0.821. The largest absolute Gasteiger partial charge is 0.364 e. The molecule has 0 atom stereocenters. The number of nitrogens with zero attached hydrogens (tertiary/aromatic N) is 3. The normalized spacial score (nSPS) is 11.0. The fourth-order valence-electron chi connectivity index (χ4n) is 4.06. The predicted octanol–water partition coefficient (Wildman–Crippen LogP) is 6.25. The topological polar surface area (TPSA) is 76.7 Å². The lowest BCUT2D eigenvalue weighted by Crippen LogP contribution is -2.06. The second kappa shape index (κ2) is 9.40. The maximum atomic E-state index is 5.79. The van der Waals surface area contributed by atoms with Crippen molar-refractivity contribution in [2.75, 3.05) is 5.32 Å². The number of nitrogens with two attached hydrogens (primary N) is 1. The monoisotopic (exact) mass is 449 g/mol. The highest BCUT2D eigenvalue weighted by Crippen LogP contribution is 2.38. The fraction of sp³-hybridized carbons (Fsp3) is 0.0741. The van der Waals surface area contributed by atoms with Crippen LogP contribution in [-0.4, -0.2) is 15.0 Å². The molecule has 0 fully saturated rings. The summed E-state index contributed by atoms with van der Waals surface area (Å²) in [6.45, 7) is 2.69. The van der Waals surface area contributed by atoms with Crippen molar-refractivity contribution in [1.82, 2.24) is 15.0 Å². The lowest BCUT2D eigenvalue weighted by molar-refractivity contribution is 1.03. The van der Waals surface area contributed by atoms with Gasteiger partial charge in [-0.3, -0.25) is 15.1 Å². The van der Waals surface area contributed by atoms with E-state index in [9.17, 15) is 0 Å². The second-order valence-electron chi connectivity index (χ2n) is 7.73. The third-order valence-electron chi connectivity index (χ3n) is 5.65. The average molecular weight is 450 g/mol. The van der Waals surface area contributed by atoms with Gasteiger partial charge in [-0.15, -0.1) is 0 Å². The number of pyridine rings is 3. The number of nitrogens with one attached hydrogen (secondary N) is 1. The van der Waals surface area contributed by atoms with Crippen molar-refractivity contribution < 1.29 is 0 Å². The number of fused-ring (bicyclic) bond motifs is 1. The molecule has 0 aliphatic heterocycles. The number of hydrogen-bond acceptors (Lipinski definition) is 6. The highest BCUT2D eigenvalue weighted by atomic mass is 32.2. The molecule has 3 N–H and O–H groups in total. The average Bonchev–Trinajstić information content (AvgIpc) is 2.89. The molecule has 0 aliphatic rings. The summed E-state index contributed by atoms with van der Waals surface area (Å²) in [6.07, 6.45) is 5.41. The third-order valence-corrected chi connectivity index (χ3v) is 6.15. The molecular formula is C27H23N5S. The first-order valence-electron chi connectivity index (χ1n) is 10.7. The second-order valence-corrected chi connectivity index (χ2v) is 8.44. The molecular weight excluding hydrogens is 426 g/mol. The maximum absolute atomic E-state index is 5.79. The molecule has 0 unspecified atom stereocenters. The van der Waals surface area contributed by atoms with Gasteiger partial charge in [0.1, 0.15) is 5.82 Å². The number of aromatic nitrogens is 3. The van der Waals surface area contributed by atoms with Gasteiger partial charge in [0.05, 0.1) is 17.9 Å². The maximum Gasteiger partial charge on any atom is 0.135 e. The molecule has 5 nitrogen and oxygen atoms in total. The van der Waals surface area contributed by atoms with E-state index in [-0.39, 0.29) is 0 Å². The molecule has 3 heterocycles. The van der Waals surface area contributed by atoms with Gasteiger partial charge in [-0.1, -0.05) is 54.6 Å². The highest BCUT2D eigenvalue weighted by Gasteiger charge is 2.17. The number of aryl methyl sites for hydroxylation is 1. The van der Waals surface area contributed by atoms with E-state index in [4.69, 9.17) is 10.1 Å². The van der Waals surface area contributed by atoms with E-state index in [1.165, 1.54) is 11.9 Å². The van der Waals surface area contributed by atoms with Crippen LogP contribution in [0.5, 0.6) is 0 Å². The van der Waals surface area contributed by atoms with Gasteiger partial charge in [-0.05, 0) is 59.1 Å². The van der Waals surface area contributed by atoms with E-state index in [0.717, 1.165) is 55.1 Å². The van der Waals surface area contributed by atoms with Gasteiger partial charge in [0.2, 0.25) is 0 Å². The Kier molecular flexibility index (Phi) is 6.02. The molecule has 5 rings (SSSR count). The van der Waals surface area contributed by atoms with Gasteiger partial charge < -0.3 is 5.32 Å². The summed E-state index contributed by atoms with van der Waals surface area (Å²) in [6, 6.07) is 24.8. The van der Waals surface area contributed by atoms with Crippen molar-refractivity contribution in [1.29, 1.82) is 0 Å². The van der Waals surface area contributed by atoms with Crippen LogP contribution < -0.4 is 10.5 Å². The van der Waals surface area contributed by atoms with Crippen molar-refractivity contribution in [3.05, 3.63) is 103 Å². The molecule has 0 aliphatic carbocycles. The molecule has 33 heavy (non-hydrogen) atoms. The van der Waals surface area contributed by atoms with Gasteiger partial charge in [0.25, 0.3) is 0 Å². The van der Waals surface area contributed by atoms with Gasteiger partial charge in [-0.2, -0.15) is 0 Å². The minimum absolute atomic E-state index is 0.575. The smallest absolute Gasteiger partial charge is 0.135 e. The summed E-state index contributed by atoms with van der Waals surface area (Å²) >= 11 is 1.18. The van der Waals surface area contributed by atoms with Crippen LogP contribution in [0.3, 0.4) is 0 Å². The molecule has 0 radical (unpaired) electrons. The van der Waals surface area contributed by atoms with E-state index in [2.05, 4.69) is 64.7 Å². The van der Waals surface area contributed by atoms with Gasteiger partial charge in [0, 0.05) is 34.4 Å². The summed E-state index contributed by atoms with van der Waals surface area (Å²) in [5, 5.41) is 11.6. The number of hydrogen-bond donors (Lipinski definition) is 2. The lowest BCUT2D eigenvalue weighted by Gasteiger charge is -2.18. The molecule has 2 aromatic carbocycles. The Morgan fingerprint density at radius 3 is 2.55 bits per heavy atom. The SMILES string of the molecule is Cc1c(-c2cncc(SN)c2)nc(NCc2ccccn2)c2c(-c3ccccc3)cccc12. The van der Waals surface area contributed by atoms with Gasteiger partial charge in [0.15, 0.2) is 0 Å². The summed E-state index contributed by atoms with van der Waals surface area (Å²) in [7, 11) is 0. The zero-order valence-corrected chi connectivity index (χ0v) is 19.0. The Morgan fingerprint density at radius 1 is 0.909 bits per heavy atom. The quantitative estimate of drug-likeness (QED) is 0.299. The van der Waals surface area contributed by atoms with Crippen LogP contribution in [-0.2, 0) is 6.54 Å². The fourth-order valence-corrected chi connectivity index (χ4v) is 4.37. The summed E-state index contributed by atoms with van der Waals surface area (Å²) in [4.78, 5) is 14.8. The van der Waals surface area contributed by atoms with E-state index < -0.39 is 0 Å². The predicted molar refractivity (Wildman–Crippen MR) is 137 cm³/mol. The van der Waals surface area contributed by atoms with Crippen LogP contribution in [0.15, 0.2) is 96.3 Å². The molecule has 0 spiro atoms. The van der Waals surface area contributed by atoms with E-state index in [0.29, 0.717) is 6.54 Å². The summed E-state index contributed by atoms with van der Waals surface area (Å²) < 4.78 is 0. The Bertz CT molecular complexity index is 1400. The Hall–Kier alpha value is -3.74. The van der Waals surface area contributed by atoms with Gasteiger partial charge >= 0.3 is 0 Å². The van der Waals surface area contributed by atoms with E-state index in [1.54, 1.807) is 12.4 Å². The van der Waals surface area contributed by atoms with Crippen LogP contribution in [0.25, 0.3) is 33.2 Å². The first-order chi connectivity index (χ1) is 16.2. The van der Waals surface area contributed by atoms with Gasteiger partial charge in [-0.25, -0.2) is 4.98 Å². The summed E-state index contributed by atoms with van der Waals surface area (Å²) in [5.41, 5.74) is 6.18. The zero-order valence-electron chi connectivity index (χ0n) is 18.2. The lowest BCUT2D eigenvalue weighted by atomic mass is 9.94. The molecule has 3 aromatic heterocycles. The minimum atomic E-state index is 0.575. The van der Waals surface area contributed by atoms with Crippen LogP contribution in [0.2, 0.25) is 0 Å². The molecule has 5 aromatic rings. The first-order valence-corrected chi connectivity index (χ1v) is 11.6. The van der Waals surface area contributed by atoms with Crippen LogP contribution >= 0.6 is 11.9 Å². The van der Waals surface area contributed by atoms with Crippen molar-refractivity contribution in [2.45, 2.75) is 18.4 Å². The van der Waals surface area contributed by atoms with E-state index in [1.807, 2.05) is 36.5 Å². The molecule has 0 bridgehead atoms. The number of anilines is 1. The van der Waals surface area contributed by atoms with E-state index >= 15 is 0 Å². The Balaban J connectivity index is 1.73. The Labute approximate surface area is 197 Å². The molecule has 0 saturated heterocycles. The molecule has 6 heteroatoms. The Morgan fingerprint density at radius 2 is 1.76 bits per heavy atom. The number of benzene rings is 2. The number of rotatable bonds is 6. The molecule has 162 valence electrons. The first kappa shape index (κ1) is 21.1. The standard InChI is InChI=1S/C27H23N5S/c1-18-23-11-7-12-24(19-8-3-2-4-9-19)25(23)27(31-16-21-10-5-6-13-30-21)32-26(18)20-14-22(33-28)17-29-15-20/h2-15,17H,16,28H2,1H3,(H,31,32). The minimum Gasteiger partial charge on any atom is -0.364 e. The zero-order chi connectivity index (χ0) is 22.6. The van der Waals surface area contributed by atoms with Crippen molar-refractivity contribution in [3.63, 3.8) is 0 Å². The van der Waals surface area contributed by atoms with Crippen molar-refractivity contribution >= 4 is 28.5 Å². The van der Waals surface area contributed by atoms with Crippen LogP contribution in [0.4, 0.5) is 5.82 Å². The molecule has 0 amide bonds. The third kappa shape index (κ3) is 4.31. The molecule has 0 saturated carbocycles. The highest BCUT2D eigenvalue weighted by molar-refractivity contribution is 7.97. The van der Waals surface area contributed by atoms with Crippen LogP contribution in [0, 0.1) is 6.92 Å². The van der Waals surface area contributed by atoms with Crippen molar-refractivity contribution in [2.24, 2.45) is 5.14 Å².